The molecule has 0 aliphatic heterocycles. The van der Waals surface area contributed by atoms with E-state index in [1.165, 1.54) is 100 Å². The average Bonchev–Trinajstić information content (AvgIpc) is 3.41. The van der Waals surface area contributed by atoms with E-state index in [0.717, 1.165) is 0 Å². The highest BCUT2D eigenvalue weighted by Crippen LogP contribution is 2.24. The first kappa shape index (κ1) is 59.8. The Morgan fingerprint density at radius 1 is 0.213 bits per heavy atom. The van der Waals surface area contributed by atoms with Gasteiger partial charge in [0.1, 0.15) is 0 Å². The summed E-state index contributed by atoms with van der Waals surface area (Å²) in [5.74, 6) is 0. The van der Waals surface area contributed by atoms with Crippen molar-refractivity contribution < 1.29 is 0 Å². The Balaban J connectivity index is 0.000000191. The van der Waals surface area contributed by atoms with E-state index >= 15 is 0 Å². The molecule has 0 spiro atoms. The smallest absolute Gasteiger partial charge is 0.0132 e. The predicted molar refractivity (Wildman–Crippen MR) is 332 cm³/mol. The lowest BCUT2D eigenvalue weighted by Crippen LogP contribution is -2.10. The van der Waals surface area contributed by atoms with Crippen LogP contribution >= 0.6 is 0 Å². The average molecular weight is 985 g/mol. The number of benzene rings is 10. The molecule has 0 atom stereocenters. The Bertz CT molecular complexity index is 3060. The molecule has 0 N–H and O–H groups in total. The molecule has 0 bridgehead atoms. The molecule has 0 aliphatic carbocycles. The first-order chi connectivity index (χ1) is 35.9. The second-order valence-corrected chi connectivity index (χ2v) is 20.6. The topological polar surface area (TPSA) is 0 Å². The monoisotopic (exact) mass is 985 g/mol. The summed E-state index contributed by atoms with van der Waals surface area (Å²) in [6.45, 7) is 30.1. The van der Waals surface area contributed by atoms with Crippen LogP contribution in [0.5, 0.6) is 0 Å². The van der Waals surface area contributed by atoms with E-state index < -0.39 is 0 Å². The Morgan fingerprint density at radius 2 is 0.533 bits per heavy atom. The van der Waals surface area contributed by atoms with Crippen LogP contribution in [-0.4, -0.2) is 0 Å². The molecular formula is C75H84. The first-order valence-corrected chi connectivity index (χ1v) is 26.4. The summed E-state index contributed by atoms with van der Waals surface area (Å²) in [5.41, 5.74) is 24.3. The number of hydrogen-bond acceptors (Lipinski definition) is 0. The van der Waals surface area contributed by atoms with Gasteiger partial charge < -0.3 is 0 Å². The molecule has 0 fully saturated rings. The maximum atomic E-state index is 2.23. The summed E-state index contributed by atoms with van der Waals surface area (Å²) in [5, 5.41) is 0. The van der Waals surface area contributed by atoms with E-state index in [0.29, 0.717) is 0 Å². The van der Waals surface area contributed by atoms with Gasteiger partial charge in [0.05, 0.1) is 0 Å². The Morgan fingerprint density at radius 3 is 0.933 bits per heavy atom. The third-order valence-electron chi connectivity index (χ3n) is 12.7. The maximum absolute atomic E-state index is 2.23. The number of aryl methyl sites for hydroxylation is 10. The number of rotatable bonds is 3. The molecule has 0 saturated carbocycles. The minimum absolute atomic E-state index is 0.285. The molecule has 0 aliphatic rings. The van der Waals surface area contributed by atoms with Crippen molar-refractivity contribution in [3.8, 4) is 33.4 Å². The van der Waals surface area contributed by atoms with Crippen LogP contribution in [0.4, 0.5) is 0 Å². The largest absolute Gasteiger partial charge is 0.0622 e. The third-order valence-corrected chi connectivity index (χ3v) is 12.7. The van der Waals surface area contributed by atoms with E-state index in [1.807, 2.05) is 36.4 Å². The van der Waals surface area contributed by atoms with Gasteiger partial charge in [0.15, 0.2) is 0 Å². The predicted octanol–water partition coefficient (Wildman–Crippen LogP) is 21.5. The highest BCUT2D eigenvalue weighted by molar-refractivity contribution is 5.67. The molecule has 0 nitrogen and oxygen atoms in total. The normalized spacial score (nSPS) is 10.0. The van der Waals surface area contributed by atoms with Crippen LogP contribution in [0.3, 0.4) is 0 Å². The van der Waals surface area contributed by atoms with Crippen molar-refractivity contribution in [3.05, 3.63) is 322 Å². The van der Waals surface area contributed by atoms with Crippen molar-refractivity contribution in [3.63, 3.8) is 0 Å². The maximum Gasteiger partial charge on any atom is -0.0132 e. The van der Waals surface area contributed by atoms with Gasteiger partial charge in [0, 0.05) is 0 Å². The summed E-state index contributed by atoms with van der Waals surface area (Å²) < 4.78 is 0. The Hall–Kier alpha value is -7.80. The molecule has 0 radical (unpaired) electrons. The van der Waals surface area contributed by atoms with Crippen molar-refractivity contribution in [1.29, 1.82) is 0 Å². The Kier molecular flexibility index (Phi) is 25.3. The van der Waals surface area contributed by atoms with Gasteiger partial charge in [0.2, 0.25) is 0 Å². The minimum atomic E-state index is 0.285. The molecule has 10 aromatic rings. The van der Waals surface area contributed by atoms with Crippen molar-refractivity contribution in [2.45, 2.75) is 102 Å². The van der Waals surface area contributed by atoms with Crippen LogP contribution in [0, 0.1) is 76.2 Å². The molecule has 10 rings (SSSR count). The molecule has 75 heavy (non-hydrogen) atoms. The quantitative estimate of drug-likeness (QED) is 0.165. The summed E-state index contributed by atoms with van der Waals surface area (Å²) in [4.78, 5) is 0. The van der Waals surface area contributed by atoms with Gasteiger partial charge in [0.25, 0.3) is 0 Å². The van der Waals surface area contributed by atoms with Gasteiger partial charge in [-0.15, -0.1) is 0 Å². The Labute approximate surface area is 454 Å². The van der Waals surface area contributed by atoms with Crippen LogP contribution in [0.15, 0.2) is 255 Å². The molecule has 0 unspecified atom stereocenters. The lowest BCUT2D eigenvalue weighted by atomic mass is 9.87. The van der Waals surface area contributed by atoms with Crippen LogP contribution < -0.4 is 0 Å². The van der Waals surface area contributed by atoms with Gasteiger partial charge in [-0.3, -0.25) is 0 Å². The van der Waals surface area contributed by atoms with Crippen LogP contribution in [0.25, 0.3) is 33.4 Å². The molecule has 0 amide bonds. The molecule has 0 aromatic heterocycles. The zero-order chi connectivity index (χ0) is 54.6. The molecule has 0 heteroatoms. The SMILES string of the molecule is Cc1cc(C)c(C)c(C)c1.Cc1ccc(-c2ccccc2)cc1.Cc1ccc(C(C)(C)C)cc1.Cc1ccc(C)cc1.Cc1cccc(-c2ccccc2)c1.Cc1ccccc1.Cc1ccccc1-c1ccccc1. The van der Waals surface area contributed by atoms with E-state index in [2.05, 4.69) is 315 Å². The fraction of sp³-hybridized carbons (Fsp3) is 0.200. The van der Waals surface area contributed by atoms with Crippen molar-refractivity contribution >= 4 is 0 Å². The lowest BCUT2D eigenvalue weighted by Gasteiger charge is -2.18. The fourth-order valence-electron chi connectivity index (χ4n) is 7.82. The van der Waals surface area contributed by atoms with Crippen molar-refractivity contribution in [2.75, 3.05) is 0 Å². The van der Waals surface area contributed by atoms with E-state index in [1.54, 1.807) is 0 Å². The third kappa shape index (κ3) is 22.9. The minimum Gasteiger partial charge on any atom is -0.0622 e. The zero-order valence-corrected chi connectivity index (χ0v) is 47.7. The first-order valence-electron chi connectivity index (χ1n) is 26.4. The number of hydrogen-bond donors (Lipinski definition) is 0. The van der Waals surface area contributed by atoms with Crippen LogP contribution in [-0.2, 0) is 5.41 Å². The van der Waals surface area contributed by atoms with Gasteiger partial charge in [-0.05, 0) is 143 Å². The second-order valence-electron chi connectivity index (χ2n) is 20.6. The van der Waals surface area contributed by atoms with E-state index in [4.69, 9.17) is 0 Å². The van der Waals surface area contributed by atoms with Crippen molar-refractivity contribution in [1.82, 2.24) is 0 Å². The van der Waals surface area contributed by atoms with Crippen LogP contribution in [0.2, 0.25) is 0 Å². The summed E-state index contributed by atoms with van der Waals surface area (Å²) >= 11 is 0. The lowest BCUT2D eigenvalue weighted by molar-refractivity contribution is 0.590. The van der Waals surface area contributed by atoms with Gasteiger partial charge in [-0.1, -0.05) is 315 Å². The summed E-state index contributed by atoms with van der Waals surface area (Å²) in [6, 6.07) is 88.9. The highest BCUT2D eigenvalue weighted by Gasteiger charge is 2.12. The summed E-state index contributed by atoms with van der Waals surface area (Å²) in [7, 11) is 0. The van der Waals surface area contributed by atoms with Gasteiger partial charge in [-0.2, -0.15) is 0 Å². The molecule has 0 saturated heterocycles. The molecule has 10 aromatic carbocycles. The van der Waals surface area contributed by atoms with Gasteiger partial charge in [-0.25, -0.2) is 0 Å². The fourth-order valence-corrected chi connectivity index (χ4v) is 7.82. The molecule has 384 valence electrons. The second kappa shape index (κ2) is 31.7. The standard InChI is InChI=1S/3C13H12.C11H16.C10H14.C8H10.C7H8/c1-11-7-5-6-10-13(11)12-8-3-2-4-9-12;1-11-6-5-9-13(10-11)12-7-3-2-4-8-12;1-11-7-9-13(10-8-11)12-5-3-2-4-6-12;1-9-5-7-10(8-6-9)11(2,3)4;1-7-5-8(2)10(4)9(3)6-7;1-7-3-5-8(2)6-4-7;1-7-5-3-2-4-6-7/h3*2-10H,1H3;5-8H,1-4H3;5-6H,1-4H3;3-6H,1-2H3;2-6H,1H3. The van der Waals surface area contributed by atoms with Gasteiger partial charge >= 0.3 is 0 Å². The van der Waals surface area contributed by atoms with E-state index in [-0.39, 0.29) is 5.41 Å². The van der Waals surface area contributed by atoms with Crippen molar-refractivity contribution in [2.24, 2.45) is 0 Å². The summed E-state index contributed by atoms with van der Waals surface area (Å²) in [6.07, 6.45) is 0. The molecule has 0 heterocycles. The molecular weight excluding hydrogens is 901 g/mol. The van der Waals surface area contributed by atoms with Crippen LogP contribution in [0.1, 0.15) is 87.5 Å². The zero-order valence-electron chi connectivity index (χ0n) is 47.7. The van der Waals surface area contributed by atoms with E-state index in [9.17, 15) is 0 Å². The highest BCUT2D eigenvalue weighted by atomic mass is 14.2.